The molecule has 1 aromatic heterocycles. The Morgan fingerprint density at radius 1 is 1.22 bits per heavy atom. The summed E-state index contributed by atoms with van der Waals surface area (Å²) in [5.41, 5.74) is 0.274. The molecule has 0 radical (unpaired) electrons. The van der Waals surface area contributed by atoms with E-state index in [-0.39, 0.29) is 11.8 Å². The van der Waals surface area contributed by atoms with Crippen molar-refractivity contribution in [3.05, 3.63) is 42.7 Å². The Balaban J connectivity index is 1.70. The molecule has 2 rings (SSSR count). The summed E-state index contributed by atoms with van der Waals surface area (Å²) in [5, 5.41) is 9.81. The van der Waals surface area contributed by atoms with Crippen LogP contribution in [0.4, 0.5) is 5.69 Å². The van der Waals surface area contributed by atoms with Gasteiger partial charge in [-0.1, -0.05) is 26.8 Å². The Kier molecular flexibility index (Phi) is 7.40. The van der Waals surface area contributed by atoms with E-state index in [1.165, 1.54) is 0 Å². The quantitative estimate of drug-likeness (QED) is 0.663. The van der Waals surface area contributed by atoms with Gasteiger partial charge >= 0.3 is 0 Å². The van der Waals surface area contributed by atoms with Crippen LogP contribution in [0.15, 0.2) is 42.7 Å². The largest absolute Gasteiger partial charge is 0.492 e. The molecule has 0 fully saturated rings. The van der Waals surface area contributed by atoms with Gasteiger partial charge in [0.1, 0.15) is 12.4 Å². The van der Waals surface area contributed by atoms with Crippen LogP contribution in [-0.2, 0) is 16.1 Å². The van der Waals surface area contributed by atoms with E-state index in [1.54, 1.807) is 16.9 Å². The number of nitrogens with one attached hydrogen (secondary N) is 2. The summed E-state index contributed by atoms with van der Waals surface area (Å²) in [4.78, 5) is 23.8. The third kappa shape index (κ3) is 7.52. The molecule has 0 aliphatic rings. The summed E-state index contributed by atoms with van der Waals surface area (Å²) < 4.78 is 7.49. The molecule has 0 saturated heterocycles. The smallest absolute Gasteiger partial charge is 0.225 e. The molecule has 0 unspecified atom stereocenters. The number of hydrogen-bond acceptors (Lipinski definition) is 4. The fourth-order valence-electron chi connectivity index (χ4n) is 2.29. The lowest BCUT2D eigenvalue weighted by Gasteiger charge is -2.17. The van der Waals surface area contributed by atoms with Gasteiger partial charge in [-0.15, -0.1) is 0 Å². The summed E-state index contributed by atoms with van der Waals surface area (Å²) in [6, 6.07) is 9.16. The molecule has 0 bridgehead atoms. The van der Waals surface area contributed by atoms with Crippen LogP contribution in [0.3, 0.4) is 0 Å². The fourth-order valence-corrected chi connectivity index (χ4v) is 2.29. The minimum Gasteiger partial charge on any atom is -0.492 e. The van der Waals surface area contributed by atoms with Crippen molar-refractivity contribution in [2.45, 2.75) is 40.2 Å². The zero-order valence-corrected chi connectivity index (χ0v) is 16.2. The van der Waals surface area contributed by atoms with Crippen molar-refractivity contribution in [2.75, 3.05) is 18.5 Å². The Bertz CT molecular complexity index is 736. The lowest BCUT2D eigenvalue weighted by Crippen LogP contribution is -2.35. The summed E-state index contributed by atoms with van der Waals surface area (Å²) in [5.74, 6) is 0.592. The number of benzene rings is 1. The van der Waals surface area contributed by atoms with Gasteiger partial charge in [-0.2, -0.15) is 5.10 Å². The van der Waals surface area contributed by atoms with Gasteiger partial charge in [0, 0.05) is 42.5 Å². The predicted molar refractivity (Wildman–Crippen MR) is 104 cm³/mol. The first-order valence-corrected chi connectivity index (χ1v) is 9.13. The number of anilines is 1. The first-order valence-electron chi connectivity index (χ1n) is 9.13. The Labute approximate surface area is 160 Å². The predicted octanol–water partition coefficient (Wildman–Crippen LogP) is 2.84. The molecule has 7 heteroatoms. The van der Waals surface area contributed by atoms with Gasteiger partial charge in [-0.05, 0) is 24.6 Å². The van der Waals surface area contributed by atoms with E-state index in [2.05, 4.69) is 15.7 Å². The van der Waals surface area contributed by atoms with Crippen LogP contribution in [0, 0.1) is 5.41 Å². The number of carbonyl (C=O) groups excluding carboxylic acids is 2. The molecule has 1 aromatic carbocycles. The van der Waals surface area contributed by atoms with Crippen LogP contribution >= 0.6 is 0 Å². The molecule has 27 heavy (non-hydrogen) atoms. The highest BCUT2D eigenvalue weighted by atomic mass is 16.5. The third-order valence-corrected chi connectivity index (χ3v) is 3.81. The van der Waals surface area contributed by atoms with Crippen molar-refractivity contribution >= 4 is 17.5 Å². The van der Waals surface area contributed by atoms with Crippen molar-refractivity contribution in [1.29, 1.82) is 0 Å². The van der Waals surface area contributed by atoms with Crippen molar-refractivity contribution in [2.24, 2.45) is 5.41 Å². The summed E-state index contributed by atoms with van der Waals surface area (Å²) in [6.07, 6.45) is 4.54. The highest BCUT2D eigenvalue weighted by molar-refractivity contribution is 5.90. The number of carbonyl (C=O) groups is 2. The molecule has 0 aliphatic carbocycles. The number of nitrogens with zero attached hydrogens (tertiary/aromatic N) is 2. The van der Waals surface area contributed by atoms with E-state index in [1.807, 2.05) is 51.2 Å². The maximum absolute atomic E-state index is 12.1. The normalized spacial score (nSPS) is 11.1. The van der Waals surface area contributed by atoms with E-state index in [4.69, 9.17) is 4.74 Å². The molecule has 0 spiro atoms. The number of aromatic nitrogens is 2. The van der Waals surface area contributed by atoms with E-state index in [9.17, 15) is 9.59 Å². The van der Waals surface area contributed by atoms with Gasteiger partial charge in [0.15, 0.2) is 0 Å². The molecule has 2 N–H and O–H groups in total. The number of rotatable bonds is 9. The highest BCUT2D eigenvalue weighted by Crippen LogP contribution is 2.18. The van der Waals surface area contributed by atoms with Gasteiger partial charge in [0.25, 0.3) is 0 Å². The molecule has 2 aromatic rings. The van der Waals surface area contributed by atoms with E-state index in [0.717, 1.165) is 0 Å². The Morgan fingerprint density at radius 2 is 2.04 bits per heavy atom. The lowest BCUT2D eigenvalue weighted by atomic mass is 9.96. The highest BCUT2D eigenvalue weighted by Gasteiger charge is 2.20. The SMILES string of the molecule is CC(C)(C)C(=O)NCCCC(=O)Nc1cccc(OCCn2cccn2)c1. The van der Waals surface area contributed by atoms with Gasteiger partial charge in [0.05, 0.1) is 6.54 Å². The molecular formula is C20H28N4O3. The number of hydrogen-bond donors (Lipinski definition) is 2. The molecular weight excluding hydrogens is 344 g/mol. The topological polar surface area (TPSA) is 85.3 Å². The molecule has 146 valence electrons. The maximum Gasteiger partial charge on any atom is 0.225 e. The lowest BCUT2D eigenvalue weighted by molar-refractivity contribution is -0.128. The molecule has 0 saturated carbocycles. The number of amides is 2. The summed E-state index contributed by atoms with van der Waals surface area (Å²) >= 11 is 0. The van der Waals surface area contributed by atoms with E-state index >= 15 is 0 Å². The van der Waals surface area contributed by atoms with Crippen molar-refractivity contribution in [3.8, 4) is 5.75 Å². The second-order valence-corrected chi connectivity index (χ2v) is 7.30. The standard InChI is InChI=1S/C20H28N4O3/c1-20(2,3)19(26)21-10-5-9-18(25)23-16-7-4-8-17(15-16)27-14-13-24-12-6-11-22-24/h4,6-8,11-12,15H,5,9-10,13-14H2,1-3H3,(H,21,26)(H,23,25). The van der Waals surface area contributed by atoms with Crippen LogP contribution in [0.1, 0.15) is 33.6 Å². The van der Waals surface area contributed by atoms with Crippen LogP contribution in [0.2, 0.25) is 0 Å². The van der Waals surface area contributed by atoms with Gasteiger partial charge in [0.2, 0.25) is 11.8 Å². The van der Waals surface area contributed by atoms with E-state index < -0.39 is 5.41 Å². The van der Waals surface area contributed by atoms with Gasteiger partial charge < -0.3 is 15.4 Å². The molecule has 1 heterocycles. The minimum absolute atomic E-state index is 0.0112. The van der Waals surface area contributed by atoms with Crippen LogP contribution in [0.5, 0.6) is 5.75 Å². The summed E-state index contributed by atoms with van der Waals surface area (Å²) in [7, 11) is 0. The minimum atomic E-state index is -0.417. The summed E-state index contributed by atoms with van der Waals surface area (Å²) in [6.45, 7) is 7.22. The van der Waals surface area contributed by atoms with Crippen LogP contribution < -0.4 is 15.4 Å². The number of ether oxygens (including phenoxy) is 1. The molecule has 0 atom stereocenters. The van der Waals surface area contributed by atoms with Crippen molar-refractivity contribution in [1.82, 2.24) is 15.1 Å². The molecule has 2 amide bonds. The maximum atomic E-state index is 12.1. The first-order chi connectivity index (χ1) is 12.8. The van der Waals surface area contributed by atoms with Crippen molar-refractivity contribution < 1.29 is 14.3 Å². The molecule has 0 aliphatic heterocycles. The zero-order valence-electron chi connectivity index (χ0n) is 16.2. The van der Waals surface area contributed by atoms with Gasteiger partial charge in [-0.3, -0.25) is 14.3 Å². The average molecular weight is 372 g/mol. The third-order valence-electron chi connectivity index (χ3n) is 3.81. The van der Waals surface area contributed by atoms with Gasteiger partial charge in [-0.25, -0.2) is 0 Å². The van der Waals surface area contributed by atoms with Crippen LogP contribution in [-0.4, -0.2) is 34.7 Å². The monoisotopic (exact) mass is 372 g/mol. The fraction of sp³-hybridized carbons (Fsp3) is 0.450. The Morgan fingerprint density at radius 3 is 2.74 bits per heavy atom. The Hall–Kier alpha value is -2.83. The second-order valence-electron chi connectivity index (χ2n) is 7.30. The second kappa shape index (κ2) is 9.75. The zero-order chi connectivity index (χ0) is 19.7. The average Bonchev–Trinajstić information content (AvgIpc) is 3.11. The first kappa shape index (κ1) is 20.5. The molecule has 7 nitrogen and oxygen atoms in total. The van der Waals surface area contributed by atoms with Crippen LogP contribution in [0.25, 0.3) is 0 Å². The van der Waals surface area contributed by atoms with E-state index in [0.29, 0.717) is 44.0 Å². The van der Waals surface area contributed by atoms with Crippen molar-refractivity contribution in [3.63, 3.8) is 0 Å².